The molecule has 25 heavy (non-hydrogen) atoms. The van der Waals surface area contributed by atoms with E-state index in [1.165, 1.54) is 11.1 Å². The molecule has 1 aromatic rings. The summed E-state index contributed by atoms with van der Waals surface area (Å²) in [6, 6.07) is 6.92. The van der Waals surface area contributed by atoms with Crippen molar-refractivity contribution in [3.8, 4) is 5.75 Å². The average molecular weight is 363 g/mol. The number of hydrogen-bond acceptors (Lipinski definition) is 4. The Morgan fingerprint density at radius 2 is 2.08 bits per heavy atom. The Balaban J connectivity index is 1.91. The first-order valence-corrected chi connectivity index (χ1v) is 12.0. The molecule has 0 saturated heterocycles. The molecule has 0 bridgehead atoms. The molecule has 1 amide bonds. The van der Waals surface area contributed by atoms with Crippen molar-refractivity contribution in [1.29, 1.82) is 0 Å². The fourth-order valence-electron chi connectivity index (χ4n) is 2.36. The molecular formula is C18H25NO5Si. The minimum Gasteiger partial charge on any atom is -0.480 e. The summed E-state index contributed by atoms with van der Waals surface area (Å²) >= 11 is 0. The molecule has 0 spiro atoms. The highest BCUT2D eigenvalue weighted by atomic mass is 28.3. The van der Waals surface area contributed by atoms with Gasteiger partial charge in [-0.3, -0.25) is 4.79 Å². The summed E-state index contributed by atoms with van der Waals surface area (Å²) in [7, 11) is -1.13. The number of carbonyl (C=O) groups is 2. The zero-order valence-electron chi connectivity index (χ0n) is 14.9. The summed E-state index contributed by atoms with van der Waals surface area (Å²) in [5.74, 6) is -0.846. The fourth-order valence-corrected chi connectivity index (χ4v) is 3.12. The van der Waals surface area contributed by atoms with Gasteiger partial charge in [0.25, 0.3) is 5.91 Å². The van der Waals surface area contributed by atoms with Crippen LogP contribution in [0.15, 0.2) is 36.5 Å². The number of ether oxygens (including phenoxy) is 2. The lowest BCUT2D eigenvalue weighted by atomic mass is 10.1. The number of benzene rings is 1. The molecule has 0 radical (unpaired) electrons. The van der Waals surface area contributed by atoms with Gasteiger partial charge in [-0.25, -0.2) is 4.79 Å². The molecule has 6 nitrogen and oxygen atoms in total. The van der Waals surface area contributed by atoms with E-state index in [-0.39, 0.29) is 12.7 Å². The second kappa shape index (κ2) is 8.31. The van der Waals surface area contributed by atoms with Gasteiger partial charge in [0.05, 0.1) is 0 Å². The minimum absolute atomic E-state index is 0.128. The van der Waals surface area contributed by atoms with Crippen LogP contribution in [0.25, 0.3) is 0 Å². The Labute approximate surface area is 149 Å². The van der Waals surface area contributed by atoms with Crippen LogP contribution in [-0.4, -0.2) is 49.4 Å². The van der Waals surface area contributed by atoms with E-state index in [2.05, 4.69) is 19.6 Å². The van der Waals surface area contributed by atoms with E-state index >= 15 is 0 Å². The molecule has 1 heterocycles. The van der Waals surface area contributed by atoms with E-state index in [0.717, 1.165) is 6.04 Å². The third-order valence-corrected chi connectivity index (χ3v) is 5.57. The zero-order valence-corrected chi connectivity index (χ0v) is 15.9. The van der Waals surface area contributed by atoms with Crippen molar-refractivity contribution in [2.45, 2.75) is 38.1 Å². The van der Waals surface area contributed by atoms with Gasteiger partial charge in [-0.1, -0.05) is 31.8 Å². The van der Waals surface area contributed by atoms with Crippen molar-refractivity contribution in [3.63, 3.8) is 0 Å². The van der Waals surface area contributed by atoms with Crippen LogP contribution in [0.2, 0.25) is 25.7 Å². The fraction of sp³-hybridized carbons (Fsp3) is 0.444. The van der Waals surface area contributed by atoms with E-state index in [9.17, 15) is 14.7 Å². The second-order valence-electron chi connectivity index (χ2n) is 7.20. The maximum absolute atomic E-state index is 12.5. The van der Waals surface area contributed by atoms with Gasteiger partial charge in [0.15, 0.2) is 6.79 Å². The molecule has 0 aliphatic carbocycles. The summed E-state index contributed by atoms with van der Waals surface area (Å²) in [4.78, 5) is 25.0. The van der Waals surface area contributed by atoms with Gasteiger partial charge in [-0.15, -0.1) is 0 Å². The summed E-state index contributed by atoms with van der Waals surface area (Å²) in [5, 5.41) is 9.19. The van der Waals surface area contributed by atoms with Crippen molar-refractivity contribution >= 4 is 20.0 Å². The third-order valence-electron chi connectivity index (χ3n) is 3.87. The molecule has 1 aliphatic rings. The molecule has 136 valence electrons. The van der Waals surface area contributed by atoms with Crippen LogP contribution in [0, 0.1) is 0 Å². The molecule has 1 atom stereocenters. The van der Waals surface area contributed by atoms with Gasteiger partial charge in [0.2, 0.25) is 0 Å². The maximum atomic E-state index is 12.5. The van der Waals surface area contributed by atoms with E-state index in [1.807, 2.05) is 0 Å². The van der Waals surface area contributed by atoms with E-state index < -0.39 is 20.1 Å². The molecule has 7 heteroatoms. The van der Waals surface area contributed by atoms with Gasteiger partial charge in [-0.2, -0.15) is 0 Å². The van der Waals surface area contributed by atoms with Crippen LogP contribution >= 0.6 is 0 Å². The smallest absolute Gasteiger partial charge is 0.327 e. The van der Waals surface area contributed by atoms with Crippen LogP contribution in [0.5, 0.6) is 5.75 Å². The molecule has 1 N–H and O–H groups in total. The summed E-state index contributed by atoms with van der Waals surface area (Å²) in [6.45, 7) is 7.63. The highest BCUT2D eigenvalue weighted by molar-refractivity contribution is 6.76. The lowest BCUT2D eigenvalue weighted by Crippen LogP contribution is -2.38. The first-order chi connectivity index (χ1) is 11.8. The Morgan fingerprint density at radius 3 is 2.76 bits per heavy atom. The number of nitrogens with zero attached hydrogens (tertiary/aromatic N) is 1. The lowest BCUT2D eigenvalue weighted by Gasteiger charge is -2.20. The number of amides is 1. The molecule has 0 fully saturated rings. The topological polar surface area (TPSA) is 76.1 Å². The summed E-state index contributed by atoms with van der Waals surface area (Å²) < 4.78 is 11.0. The van der Waals surface area contributed by atoms with Gasteiger partial charge < -0.3 is 19.5 Å². The molecule has 0 aromatic heterocycles. The Morgan fingerprint density at radius 1 is 1.32 bits per heavy atom. The highest BCUT2D eigenvalue weighted by Crippen LogP contribution is 2.21. The molecule has 1 aliphatic heterocycles. The number of carboxylic acid groups (broad SMARTS) is 1. The minimum atomic E-state index is -1.13. The molecule has 2 rings (SSSR count). The van der Waals surface area contributed by atoms with Gasteiger partial charge >= 0.3 is 5.97 Å². The summed E-state index contributed by atoms with van der Waals surface area (Å²) in [5.41, 5.74) is 0.386. The Kier molecular flexibility index (Phi) is 6.38. The lowest BCUT2D eigenvalue weighted by molar-refractivity contribution is -0.141. The van der Waals surface area contributed by atoms with Crippen molar-refractivity contribution in [2.75, 3.05) is 13.4 Å². The van der Waals surface area contributed by atoms with Crippen LogP contribution in [0.4, 0.5) is 0 Å². The van der Waals surface area contributed by atoms with E-state index in [4.69, 9.17) is 9.47 Å². The van der Waals surface area contributed by atoms with Crippen molar-refractivity contribution < 1.29 is 24.2 Å². The second-order valence-corrected chi connectivity index (χ2v) is 12.8. The third kappa shape index (κ3) is 5.72. The van der Waals surface area contributed by atoms with Crippen molar-refractivity contribution in [1.82, 2.24) is 4.90 Å². The van der Waals surface area contributed by atoms with E-state index in [0.29, 0.717) is 24.3 Å². The van der Waals surface area contributed by atoms with Gasteiger partial charge in [-0.05, 0) is 30.7 Å². The van der Waals surface area contributed by atoms with Crippen molar-refractivity contribution in [2.24, 2.45) is 0 Å². The number of carboxylic acids is 1. The number of rotatable bonds is 8. The monoisotopic (exact) mass is 363 g/mol. The average Bonchev–Trinajstić information content (AvgIpc) is 3.03. The Bertz CT molecular complexity index is 653. The molecule has 1 aromatic carbocycles. The van der Waals surface area contributed by atoms with Gasteiger partial charge in [0, 0.05) is 26.4 Å². The standard InChI is InChI=1S/C18H25NO5Si/c1-25(2,3)11-10-23-13-24-15-7-4-6-14(12-15)17(20)19-9-5-8-16(19)18(21)22/h4-7,9,12,16H,8,10-11,13H2,1-3H3,(H,21,22). The van der Waals surface area contributed by atoms with Crippen LogP contribution < -0.4 is 4.74 Å². The number of hydrogen-bond donors (Lipinski definition) is 1. The predicted molar refractivity (Wildman–Crippen MR) is 97.4 cm³/mol. The normalized spacial score (nSPS) is 16.9. The van der Waals surface area contributed by atoms with Crippen LogP contribution in [0.1, 0.15) is 16.8 Å². The van der Waals surface area contributed by atoms with Crippen LogP contribution in [-0.2, 0) is 9.53 Å². The number of carbonyl (C=O) groups excluding carboxylic acids is 1. The van der Waals surface area contributed by atoms with Crippen molar-refractivity contribution in [3.05, 3.63) is 42.1 Å². The summed E-state index contributed by atoms with van der Waals surface area (Å²) in [6.07, 6.45) is 3.53. The zero-order chi connectivity index (χ0) is 18.4. The quantitative estimate of drug-likeness (QED) is 0.436. The first kappa shape index (κ1) is 19.2. The highest BCUT2D eigenvalue weighted by Gasteiger charge is 2.31. The number of aliphatic carboxylic acids is 1. The Hall–Kier alpha value is -2.12. The largest absolute Gasteiger partial charge is 0.480 e. The predicted octanol–water partition coefficient (Wildman–Crippen LogP) is 3.19. The van der Waals surface area contributed by atoms with E-state index in [1.54, 1.807) is 30.3 Å². The molecule has 0 saturated carbocycles. The first-order valence-electron chi connectivity index (χ1n) is 8.31. The SMILES string of the molecule is C[Si](C)(C)CCOCOc1cccc(C(=O)N2C=CCC2C(=O)O)c1. The molecular weight excluding hydrogens is 338 g/mol. The maximum Gasteiger partial charge on any atom is 0.327 e. The van der Waals surface area contributed by atoms with Gasteiger partial charge in [0.1, 0.15) is 11.8 Å². The molecule has 1 unspecified atom stereocenters. The van der Waals surface area contributed by atoms with Crippen LogP contribution in [0.3, 0.4) is 0 Å².